The molecule has 0 N–H and O–H groups in total. The first-order chi connectivity index (χ1) is 12.2. The summed E-state index contributed by atoms with van der Waals surface area (Å²) in [6.07, 6.45) is 0.293. The zero-order chi connectivity index (χ0) is 19.7. The Kier molecular flexibility index (Phi) is 8.99. The highest BCUT2D eigenvalue weighted by Crippen LogP contribution is 2.10. The molecule has 6 heteroatoms. The van der Waals surface area contributed by atoms with E-state index >= 15 is 0 Å². The smallest absolute Gasteiger partial charge is 0.310 e. The predicted molar refractivity (Wildman–Crippen MR) is 101 cm³/mol. The number of benzene rings is 1. The number of likely N-dealkylation sites (N-methyl/N-ethyl adjacent to an activating group) is 1. The van der Waals surface area contributed by atoms with Gasteiger partial charge >= 0.3 is 5.97 Å². The SMILES string of the molecule is COC(=O)C(C)CN(CCN(C)C)C(=O)CCC(=O)c1ccc(C)cc1. The number of carbonyl (C=O) groups is 3. The van der Waals surface area contributed by atoms with E-state index in [1.54, 1.807) is 24.0 Å². The Bertz CT molecular complexity index is 611. The van der Waals surface area contributed by atoms with Crippen molar-refractivity contribution in [1.29, 1.82) is 0 Å². The molecule has 0 spiro atoms. The summed E-state index contributed by atoms with van der Waals surface area (Å²) >= 11 is 0. The Morgan fingerprint density at radius 2 is 1.65 bits per heavy atom. The van der Waals surface area contributed by atoms with E-state index in [0.29, 0.717) is 18.7 Å². The molecule has 26 heavy (non-hydrogen) atoms. The van der Waals surface area contributed by atoms with E-state index in [0.717, 1.165) is 5.56 Å². The highest BCUT2D eigenvalue weighted by atomic mass is 16.5. The minimum Gasteiger partial charge on any atom is -0.469 e. The van der Waals surface area contributed by atoms with Crippen molar-refractivity contribution < 1.29 is 19.1 Å². The zero-order valence-corrected chi connectivity index (χ0v) is 16.4. The van der Waals surface area contributed by atoms with Crippen LogP contribution >= 0.6 is 0 Å². The van der Waals surface area contributed by atoms with Gasteiger partial charge in [-0.25, -0.2) is 0 Å². The van der Waals surface area contributed by atoms with Gasteiger partial charge in [0.05, 0.1) is 13.0 Å². The van der Waals surface area contributed by atoms with E-state index in [2.05, 4.69) is 0 Å². The van der Waals surface area contributed by atoms with Crippen molar-refractivity contribution in [3.8, 4) is 0 Å². The Hall–Kier alpha value is -2.21. The molecule has 0 aliphatic carbocycles. The molecule has 0 saturated carbocycles. The fourth-order valence-electron chi connectivity index (χ4n) is 2.51. The van der Waals surface area contributed by atoms with Gasteiger partial charge in [-0.15, -0.1) is 0 Å². The normalized spacial score (nSPS) is 11.9. The second kappa shape index (κ2) is 10.7. The maximum atomic E-state index is 12.6. The van der Waals surface area contributed by atoms with E-state index in [-0.39, 0.29) is 37.0 Å². The van der Waals surface area contributed by atoms with E-state index < -0.39 is 5.92 Å². The van der Waals surface area contributed by atoms with Crippen molar-refractivity contribution in [2.24, 2.45) is 5.92 Å². The fourth-order valence-corrected chi connectivity index (χ4v) is 2.51. The van der Waals surface area contributed by atoms with Crippen molar-refractivity contribution >= 4 is 17.7 Å². The molecule has 1 unspecified atom stereocenters. The van der Waals surface area contributed by atoms with Crippen molar-refractivity contribution in [2.45, 2.75) is 26.7 Å². The van der Waals surface area contributed by atoms with Crippen LogP contribution < -0.4 is 0 Å². The van der Waals surface area contributed by atoms with Crippen molar-refractivity contribution in [3.63, 3.8) is 0 Å². The summed E-state index contributed by atoms with van der Waals surface area (Å²) in [6, 6.07) is 7.34. The van der Waals surface area contributed by atoms with Gasteiger partial charge in [0.1, 0.15) is 0 Å². The number of esters is 1. The zero-order valence-electron chi connectivity index (χ0n) is 16.4. The molecule has 1 rings (SSSR count). The summed E-state index contributed by atoms with van der Waals surface area (Å²) < 4.78 is 4.74. The molecule has 0 radical (unpaired) electrons. The summed E-state index contributed by atoms with van der Waals surface area (Å²) in [5, 5.41) is 0. The summed E-state index contributed by atoms with van der Waals surface area (Å²) in [5.41, 5.74) is 1.70. The number of hydrogen-bond donors (Lipinski definition) is 0. The van der Waals surface area contributed by atoms with E-state index in [4.69, 9.17) is 4.74 Å². The topological polar surface area (TPSA) is 66.9 Å². The van der Waals surface area contributed by atoms with Crippen LogP contribution in [0.1, 0.15) is 35.7 Å². The Labute approximate surface area is 156 Å². The first-order valence-electron chi connectivity index (χ1n) is 8.84. The molecule has 0 aliphatic heterocycles. The number of amides is 1. The summed E-state index contributed by atoms with van der Waals surface area (Å²) in [6.45, 7) is 5.18. The van der Waals surface area contributed by atoms with Gasteiger partial charge in [0.2, 0.25) is 5.91 Å². The fraction of sp³-hybridized carbons (Fsp3) is 0.550. The van der Waals surface area contributed by atoms with Crippen LogP contribution in [0.2, 0.25) is 0 Å². The number of Topliss-reactive ketones (excluding diaryl/α,β-unsaturated/α-hetero) is 1. The average Bonchev–Trinajstić information content (AvgIpc) is 2.62. The highest BCUT2D eigenvalue weighted by Gasteiger charge is 2.22. The molecular formula is C20H30N2O4. The van der Waals surface area contributed by atoms with Gasteiger partial charge in [0.25, 0.3) is 0 Å². The maximum Gasteiger partial charge on any atom is 0.310 e. The third kappa shape index (κ3) is 7.35. The number of aryl methyl sites for hydroxylation is 1. The second-order valence-electron chi connectivity index (χ2n) is 6.86. The average molecular weight is 362 g/mol. The summed E-state index contributed by atoms with van der Waals surface area (Å²) in [5.74, 6) is -0.919. The lowest BCUT2D eigenvalue weighted by Crippen LogP contribution is -2.41. The van der Waals surface area contributed by atoms with E-state index in [1.165, 1.54) is 7.11 Å². The molecule has 0 bridgehead atoms. The Morgan fingerprint density at radius 1 is 1.04 bits per heavy atom. The number of methoxy groups -OCH3 is 1. The maximum absolute atomic E-state index is 12.6. The van der Waals surface area contributed by atoms with Crippen LogP contribution in [0.4, 0.5) is 0 Å². The molecule has 1 aromatic rings. The summed E-state index contributed by atoms with van der Waals surface area (Å²) in [4.78, 5) is 40.1. The molecule has 1 atom stereocenters. The molecule has 0 fully saturated rings. The molecule has 0 heterocycles. The standard InChI is InChI=1S/C20H30N2O4/c1-15-6-8-17(9-7-15)18(23)10-11-19(24)22(13-12-21(3)4)14-16(2)20(25)26-5/h6-9,16H,10-14H2,1-5H3. The number of ketones is 1. The minimum absolute atomic E-state index is 0.0491. The first-order valence-corrected chi connectivity index (χ1v) is 8.84. The lowest BCUT2D eigenvalue weighted by molar-refractivity contribution is -0.146. The van der Waals surface area contributed by atoms with Gasteiger partial charge in [-0.1, -0.05) is 36.8 Å². The molecule has 0 aliphatic rings. The van der Waals surface area contributed by atoms with Gasteiger partial charge in [0, 0.05) is 38.0 Å². The molecule has 1 aromatic carbocycles. The van der Waals surface area contributed by atoms with Gasteiger partial charge in [-0.3, -0.25) is 14.4 Å². The van der Waals surface area contributed by atoms with Crippen LogP contribution in [-0.4, -0.2) is 68.3 Å². The molecular weight excluding hydrogens is 332 g/mol. The minimum atomic E-state index is -0.404. The van der Waals surface area contributed by atoms with E-state index in [9.17, 15) is 14.4 Å². The molecule has 6 nitrogen and oxygen atoms in total. The number of nitrogens with zero attached hydrogens (tertiary/aromatic N) is 2. The molecule has 0 aromatic heterocycles. The number of carbonyl (C=O) groups excluding carboxylic acids is 3. The monoisotopic (exact) mass is 362 g/mol. The van der Waals surface area contributed by atoms with Crippen molar-refractivity contribution in [1.82, 2.24) is 9.80 Å². The third-order valence-corrected chi connectivity index (χ3v) is 4.21. The first kappa shape index (κ1) is 21.8. The highest BCUT2D eigenvalue weighted by molar-refractivity contribution is 5.98. The molecule has 144 valence electrons. The van der Waals surface area contributed by atoms with Crippen LogP contribution in [0.25, 0.3) is 0 Å². The lowest BCUT2D eigenvalue weighted by Gasteiger charge is -2.26. The van der Waals surface area contributed by atoms with Crippen LogP contribution in [-0.2, 0) is 14.3 Å². The largest absolute Gasteiger partial charge is 0.469 e. The summed E-state index contributed by atoms with van der Waals surface area (Å²) in [7, 11) is 5.19. The van der Waals surface area contributed by atoms with Crippen LogP contribution in [0, 0.1) is 12.8 Å². The quantitative estimate of drug-likeness (QED) is 0.471. The molecule has 1 amide bonds. The van der Waals surface area contributed by atoms with Crippen LogP contribution in [0.5, 0.6) is 0 Å². The second-order valence-corrected chi connectivity index (χ2v) is 6.86. The van der Waals surface area contributed by atoms with E-state index in [1.807, 2.05) is 38.1 Å². The van der Waals surface area contributed by atoms with Crippen LogP contribution in [0.15, 0.2) is 24.3 Å². The Morgan fingerprint density at radius 3 is 2.19 bits per heavy atom. The van der Waals surface area contributed by atoms with Gasteiger partial charge in [-0.2, -0.15) is 0 Å². The van der Waals surface area contributed by atoms with Crippen LogP contribution in [0.3, 0.4) is 0 Å². The van der Waals surface area contributed by atoms with Gasteiger partial charge in [-0.05, 0) is 21.0 Å². The van der Waals surface area contributed by atoms with Gasteiger partial charge in [0.15, 0.2) is 5.78 Å². The predicted octanol–water partition coefficient (Wildman–Crippen LogP) is 2.16. The number of ether oxygens (including phenoxy) is 1. The number of rotatable bonds is 10. The number of hydrogen-bond acceptors (Lipinski definition) is 5. The molecule has 0 saturated heterocycles. The Balaban J connectivity index is 2.66. The third-order valence-electron chi connectivity index (χ3n) is 4.21. The van der Waals surface area contributed by atoms with Crippen molar-refractivity contribution in [2.75, 3.05) is 40.8 Å². The van der Waals surface area contributed by atoms with Gasteiger partial charge < -0.3 is 14.5 Å². The lowest BCUT2D eigenvalue weighted by atomic mass is 10.0. The van der Waals surface area contributed by atoms with Crippen molar-refractivity contribution in [3.05, 3.63) is 35.4 Å².